The van der Waals surface area contributed by atoms with Gasteiger partial charge in [-0.25, -0.2) is 0 Å². The summed E-state index contributed by atoms with van der Waals surface area (Å²) in [5, 5.41) is 36.4. The third kappa shape index (κ3) is 3.15. The van der Waals surface area contributed by atoms with E-state index in [1.165, 1.54) is 0 Å². The highest BCUT2D eigenvalue weighted by atomic mass is 16.3. The lowest BCUT2D eigenvalue weighted by atomic mass is 10.0. The zero-order valence-electron chi connectivity index (χ0n) is 8.93. The van der Waals surface area contributed by atoms with Gasteiger partial charge in [-0.2, -0.15) is 0 Å². The van der Waals surface area contributed by atoms with Gasteiger partial charge in [0.05, 0.1) is 26.4 Å². The van der Waals surface area contributed by atoms with Crippen LogP contribution < -0.4 is 0 Å². The highest BCUT2D eigenvalue weighted by Gasteiger charge is 2.05. The van der Waals surface area contributed by atoms with E-state index in [2.05, 4.69) is 0 Å². The first-order chi connectivity index (χ1) is 7.74. The van der Waals surface area contributed by atoms with E-state index in [0.717, 1.165) is 0 Å². The van der Waals surface area contributed by atoms with Crippen LogP contribution in [0.15, 0.2) is 46.6 Å². The van der Waals surface area contributed by atoms with Crippen LogP contribution in [0.2, 0.25) is 0 Å². The molecule has 0 fully saturated rings. The van der Waals surface area contributed by atoms with Gasteiger partial charge < -0.3 is 20.4 Å². The Morgan fingerprint density at radius 2 is 1.25 bits per heavy atom. The molecule has 0 aliphatic heterocycles. The van der Waals surface area contributed by atoms with Crippen LogP contribution in [0, 0.1) is 0 Å². The van der Waals surface area contributed by atoms with Crippen molar-refractivity contribution in [3.05, 3.63) is 46.6 Å². The van der Waals surface area contributed by atoms with Gasteiger partial charge in [0, 0.05) is 0 Å². The van der Waals surface area contributed by atoms with Gasteiger partial charge in [0.2, 0.25) is 0 Å². The fourth-order valence-corrected chi connectivity index (χ4v) is 1.45. The van der Waals surface area contributed by atoms with E-state index < -0.39 is 0 Å². The molecule has 0 saturated carbocycles. The zero-order valence-corrected chi connectivity index (χ0v) is 8.93. The lowest BCUT2D eigenvalue weighted by Gasteiger charge is -2.10. The van der Waals surface area contributed by atoms with Gasteiger partial charge in [0.25, 0.3) is 0 Å². The summed E-state index contributed by atoms with van der Waals surface area (Å²) in [6.07, 6.45) is 6.58. The second kappa shape index (κ2) is 6.40. The van der Waals surface area contributed by atoms with Crippen molar-refractivity contribution in [2.75, 3.05) is 26.4 Å². The molecule has 4 nitrogen and oxygen atoms in total. The van der Waals surface area contributed by atoms with Crippen molar-refractivity contribution in [3.8, 4) is 0 Å². The second-order valence-electron chi connectivity index (χ2n) is 3.45. The summed E-state index contributed by atoms with van der Waals surface area (Å²) < 4.78 is 0. The average Bonchev–Trinajstić information content (AvgIpc) is 2.30. The Labute approximate surface area is 94.2 Å². The SMILES string of the molecule is OCC1=C(CO)/C=C(CO)\C=C(CO)/C=C\1. The molecule has 0 unspecified atom stereocenters. The molecule has 0 saturated heterocycles. The highest BCUT2D eigenvalue weighted by molar-refractivity contribution is 5.45. The van der Waals surface area contributed by atoms with E-state index in [4.69, 9.17) is 20.4 Å². The van der Waals surface area contributed by atoms with Crippen molar-refractivity contribution >= 4 is 0 Å². The molecule has 1 aliphatic rings. The lowest BCUT2D eigenvalue weighted by Crippen LogP contribution is -2.02. The van der Waals surface area contributed by atoms with Crippen molar-refractivity contribution in [2.24, 2.45) is 0 Å². The van der Waals surface area contributed by atoms with Gasteiger partial charge in [-0.3, -0.25) is 0 Å². The molecule has 16 heavy (non-hydrogen) atoms. The maximum atomic E-state index is 9.15. The van der Waals surface area contributed by atoms with E-state index in [1.807, 2.05) is 0 Å². The van der Waals surface area contributed by atoms with Gasteiger partial charge in [-0.1, -0.05) is 24.3 Å². The number of hydrogen-bond acceptors (Lipinski definition) is 4. The Morgan fingerprint density at radius 1 is 0.625 bits per heavy atom. The summed E-state index contributed by atoms with van der Waals surface area (Å²) >= 11 is 0. The molecule has 4 N–H and O–H groups in total. The van der Waals surface area contributed by atoms with Gasteiger partial charge in [0.1, 0.15) is 0 Å². The van der Waals surface area contributed by atoms with E-state index in [0.29, 0.717) is 22.3 Å². The molecule has 4 heteroatoms. The minimum atomic E-state index is -0.202. The van der Waals surface area contributed by atoms with Crippen LogP contribution in [0.4, 0.5) is 0 Å². The molecule has 0 spiro atoms. The van der Waals surface area contributed by atoms with Crippen LogP contribution in [0.1, 0.15) is 0 Å². The fourth-order valence-electron chi connectivity index (χ4n) is 1.45. The largest absolute Gasteiger partial charge is 0.392 e. The van der Waals surface area contributed by atoms with Crippen LogP contribution in [0.25, 0.3) is 0 Å². The van der Waals surface area contributed by atoms with Crippen molar-refractivity contribution < 1.29 is 20.4 Å². The fraction of sp³-hybridized carbons (Fsp3) is 0.333. The summed E-state index contributed by atoms with van der Waals surface area (Å²) in [6.45, 7) is -0.715. The lowest BCUT2D eigenvalue weighted by molar-refractivity contribution is 0.315. The van der Waals surface area contributed by atoms with Crippen molar-refractivity contribution in [2.45, 2.75) is 0 Å². The molecule has 1 rings (SSSR count). The Balaban J connectivity index is 3.17. The van der Waals surface area contributed by atoms with Gasteiger partial charge in [0.15, 0.2) is 0 Å². The van der Waals surface area contributed by atoms with Crippen LogP contribution in [-0.2, 0) is 0 Å². The first-order valence-electron chi connectivity index (χ1n) is 4.99. The molecular weight excluding hydrogens is 208 g/mol. The number of aliphatic hydroxyl groups excluding tert-OH is 4. The number of aliphatic hydroxyl groups is 4. The molecule has 1 aliphatic carbocycles. The second-order valence-corrected chi connectivity index (χ2v) is 3.45. The van der Waals surface area contributed by atoms with Gasteiger partial charge in [-0.15, -0.1) is 0 Å². The molecule has 0 amide bonds. The average molecular weight is 224 g/mol. The zero-order chi connectivity index (χ0) is 12.0. The van der Waals surface area contributed by atoms with Gasteiger partial charge >= 0.3 is 0 Å². The smallest absolute Gasteiger partial charge is 0.0685 e. The quantitative estimate of drug-likeness (QED) is 0.527. The minimum Gasteiger partial charge on any atom is -0.392 e. The van der Waals surface area contributed by atoms with Gasteiger partial charge in [-0.05, 0) is 22.3 Å². The van der Waals surface area contributed by atoms with Crippen LogP contribution in [0.5, 0.6) is 0 Å². The molecule has 88 valence electrons. The van der Waals surface area contributed by atoms with Crippen LogP contribution in [-0.4, -0.2) is 46.9 Å². The minimum absolute atomic E-state index is 0.138. The summed E-state index contributed by atoms with van der Waals surface area (Å²) in [6, 6.07) is 0. The third-order valence-electron chi connectivity index (χ3n) is 2.35. The van der Waals surface area contributed by atoms with Crippen LogP contribution >= 0.6 is 0 Å². The third-order valence-corrected chi connectivity index (χ3v) is 2.35. The molecular formula is C12H16O4. The van der Waals surface area contributed by atoms with Crippen LogP contribution in [0.3, 0.4) is 0 Å². The summed E-state index contributed by atoms with van der Waals surface area (Å²) in [4.78, 5) is 0. The van der Waals surface area contributed by atoms with Crippen molar-refractivity contribution in [3.63, 3.8) is 0 Å². The predicted molar refractivity (Wildman–Crippen MR) is 60.7 cm³/mol. The Kier molecular flexibility index (Phi) is 5.14. The Morgan fingerprint density at radius 3 is 1.75 bits per heavy atom. The Bertz CT molecular complexity index is 361. The summed E-state index contributed by atoms with van der Waals surface area (Å²) in [5.41, 5.74) is 2.37. The van der Waals surface area contributed by atoms with E-state index in [-0.39, 0.29) is 26.4 Å². The first kappa shape index (κ1) is 12.9. The normalized spacial score (nSPS) is 29.8. The first-order valence-corrected chi connectivity index (χ1v) is 4.99. The maximum Gasteiger partial charge on any atom is 0.0685 e. The highest BCUT2D eigenvalue weighted by Crippen LogP contribution is 2.16. The maximum absolute atomic E-state index is 9.15. The molecule has 0 aromatic carbocycles. The molecule has 0 radical (unpaired) electrons. The molecule has 0 heterocycles. The predicted octanol–water partition coefficient (Wildman–Crippen LogP) is -0.325. The summed E-state index contributed by atoms with van der Waals surface area (Å²) in [7, 11) is 0. The number of hydrogen-bond donors (Lipinski definition) is 4. The monoisotopic (exact) mass is 224 g/mol. The standard InChI is InChI=1S/C12H16O4/c13-5-9-1-2-11(7-15)12(8-16)4-10(3-9)6-14/h1-4,13-16H,5-8H2/b2-1-,9-1?,9-3+,10-3?,10-4+,11-2?,12-4?,12-11-. The topological polar surface area (TPSA) is 80.9 Å². The molecule has 0 bridgehead atoms. The Hall–Kier alpha value is -1.20. The van der Waals surface area contributed by atoms with E-state index in [9.17, 15) is 0 Å². The molecule has 0 aromatic heterocycles. The molecule has 0 aromatic rings. The summed E-state index contributed by atoms with van der Waals surface area (Å²) in [5.74, 6) is 0. The number of rotatable bonds is 4. The molecule has 0 atom stereocenters. The van der Waals surface area contributed by atoms with Crippen molar-refractivity contribution in [1.29, 1.82) is 0 Å². The van der Waals surface area contributed by atoms with E-state index >= 15 is 0 Å². The van der Waals surface area contributed by atoms with E-state index in [1.54, 1.807) is 24.3 Å². The van der Waals surface area contributed by atoms with Crippen molar-refractivity contribution in [1.82, 2.24) is 0 Å².